The third-order valence-corrected chi connectivity index (χ3v) is 8.50. The number of hydrogen-bond donors (Lipinski definition) is 1. The molecule has 0 bridgehead atoms. The Kier molecular flexibility index (Phi) is 8.95. The van der Waals surface area contributed by atoms with Gasteiger partial charge in [0.15, 0.2) is 0 Å². The number of benzene rings is 3. The minimum Gasteiger partial charge on any atom is -0.508 e. The number of halogens is 3. The number of nitrogens with zero attached hydrogens (tertiary/aromatic N) is 4. The van der Waals surface area contributed by atoms with Gasteiger partial charge in [-0.15, -0.1) is 0 Å². The van der Waals surface area contributed by atoms with E-state index in [1.54, 1.807) is 24.1 Å². The molecule has 1 saturated carbocycles. The fourth-order valence-electron chi connectivity index (χ4n) is 6.03. The van der Waals surface area contributed by atoms with Crippen molar-refractivity contribution < 1.29 is 32.7 Å². The van der Waals surface area contributed by atoms with Crippen LogP contribution in [-0.2, 0) is 15.7 Å². The molecule has 230 valence electrons. The van der Waals surface area contributed by atoms with Gasteiger partial charge < -0.3 is 24.5 Å². The van der Waals surface area contributed by atoms with Gasteiger partial charge in [0.25, 0.3) is 5.69 Å². The van der Waals surface area contributed by atoms with E-state index in [0.717, 1.165) is 54.3 Å². The minimum atomic E-state index is -4.82. The van der Waals surface area contributed by atoms with Crippen LogP contribution in [0.5, 0.6) is 5.75 Å². The zero-order valence-corrected chi connectivity index (χ0v) is 23.9. The third-order valence-electron chi connectivity index (χ3n) is 8.50. The highest BCUT2D eigenvalue weighted by atomic mass is 19.4. The molecule has 3 aromatic carbocycles. The number of fused-ring (bicyclic) bond motifs is 1. The summed E-state index contributed by atoms with van der Waals surface area (Å²) in [6, 6.07) is 14.5. The molecule has 1 aliphatic carbocycles. The highest BCUT2D eigenvalue weighted by molar-refractivity contribution is 5.87. The molecule has 1 N–H and O–H groups in total. The normalized spacial score (nSPS) is 19.4. The molecular formula is C31H35F3N4O5. The Morgan fingerprint density at radius 1 is 1.00 bits per heavy atom. The number of rotatable bonds is 8. The third kappa shape index (κ3) is 7.30. The van der Waals surface area contributed by atoms with Crippen LogP contribution in [-0.4, -0.2) is 73.3 Å². The van der Waals surface area contributed by atoms with Crippen molar-refractivity contribution in [1.82, 2.24) is 4.90 Å². The Morgan fingerprint density at radius 2 is 1.67 bits per heavy atom. The van der Waals surface area contributed by atoms with Crippen molar-refractivity contribution in [1.29, 1.82) is 0 Å². The molecule has 1 heterocycles. The lowest BCUT2D eigenvalue weighted by Crippen LogP contribution is -2.50. The van der Waals surface area contributed by atoms with E-state index in [9.17, 15) is 33.2 Å². The van der Waals surface area contributed by atoms with Crippen LogP contribution in [0.25, 0.3) is 10.8 Å². The van der Waals surface area contributed by atoms with E-state index in [1.165, 1.54) is 6.07 Å². The number of hydrogen-bond acceptors (Lipinski definition) is 7. The molecule has 1 amide bonds. The van der Waals surface area contributed by atoms with Gasteiger partial charge in [-0.3, -0.25) is 14.9 Å². The highest BCUT2D eigenvalue weighted by Crippen LogP contribution is 2.38. The van der Waals surface area contributed by atoms with Crippen molar-refractivity contribution in [3.8, 4) is 5.75 Å². The Hall–Kier alpha value is -4.06. The second-order valence-corrected chi connectivity index (χ2v) is 11.4. The van der Waals surface area contributed by atoms with E-state index in [0.29, 0.717) is 32.7 Å². The number of carbonyl (C=O) groups is 1. The molecule has 12 heteroatoms. The molecule has 0 aromatic heterocycles. The number of carbonyl (C=O) groups excluding carboxylic acids is 1. The molecule has 9 nitrogen and oxygen atoms in total. The molecule has 43 heavy (non-hydrogen) atoms. The van der Waals surface area contributed by atoms with Crippen LogP contribution in [0.15, 0.2) is 54.6 Å². The predicted molar refractivity (Wildman–Crippen MR) is 157 cm³/mol. The minimum absolute atomic E-state index is 0.0255. The summed E-state index contributed by atoms with van der Waals surface area (Å²) in [5, 5.41) is 22.7. The summed E-state index contributed by atoms with van der Waals surface area (Å²) >= 11 is 0. The molecule has 2 fully saturated rings. The molecule has 0 atom stereocenters. The molecule has 3 aromatic rings. The van der Waals surface area contributed by atoms with E-state index < -0.39 is 22.4 Å². The van der Waals surface area contributed by atoms with Gasteiger partial charge in [-0.05, 0) is 78.8 Å². The maximum Gasteiger partial charge on any atom is 0.423 e. The van der Waals surface area contributed by atoms with Crippen LogP contribution in [0.1, 0.15) is 31.2 Å². The average molecular weight is 601 g/mol. The van der Waals surface area contributed by atoms with E-state index in [-0.39, 0.29) is 36.0 Å². The average Bonchev–Trinajstić information content (AvgIpc) is 2.99. The van der Waals surface area contributed by atoms with E-state index >= 15 is 0 Å². The fourth-order valence-corrected chi connectivity index (χ4v) is 6.03. The van der Waals surface area contributed by atoms with E-state index in [2.05, 4.69) is 11.0 Å². The van der Waals surface area contributed by atoms with E-state index in [4.69, 9.17) is 4.74 Å². The van der Waals surface area contributed by atoms with Gasteiger partial charge >= 0.3 is 6.18 Å². The zero-order chi connectivity index (χ0) is 30.7. The van der Waals surface area contributed by atoms with Crippen LogP contribution in [0, 0.1) is 16.0 Å². The van der Waals surface area contributed by atoms with Gasteiger partial charge in [0.05, 0.1) is 11.0 Å². The molecule has 5 rings (SSSR count). The number of phenolic OH excluding ortho intramolecular Hbond substituents is 1. The van der Waals surface area contributed by atoms with Gasteiger partial charge in [0.1, 0.15) is 17.9 Å². The van der Waals surface area contributed by atoms with Crippen LogP contribution in [0.4, 0.5) is 30.2 Å². The number of anilines is 2. The van der Waals surface area contributed by atoms with Gasteiger partial charge in [0, 0.05) is 57.2 Å². The lowest BCUT2D eigenvalue weighted by Gasteiger charge is -2.36. The first-order chi connectivity index (χ1) is 20.5. The van der Waals surface area contributed by atoms with Gasteiger partial charge in [-0.25, -0.2) is 0 Å². The number of piperazine rings is 1. The van der Waals surface area contributed by atoms with Crippen molar-refractivity contribution in [3.63, 3.8) is 0 Å². The topological polar surface area (TPSA) is 99.4 Å². The molecule has 1 saturated heterocycles. The maximum atomic E-state index is 13.4. The summed E-state index contributed by atoms with van der Waals surface area (Å²) in [5.41, 5.74) is -0.840. The van der Waals surface area contributed by atoms with Crippen molar-refractivity contribution in [3.05, 3.63) is 70.3 Å². The number of nitro groups is 1. The van der Waals surface area contributed by atoms with Crippen molar-refractivity contribution in [2.24, 2.45) is 5.92 Å². The van der Waals surface area contributed by atoms with Crippen LogP contribution in [0.2, 0.25) is 0 Å². The molecular weight excluding hydrogens is 565 g/mol. The SMILES string of the molecule is CN(CC1CCC(OCC(=O)N2CCN(c3ccc4cc(O)ccc4c3)CC2)CC1)c1ccc([N+](=O)[O-])c(C(F)(F)F)c1. The lowest BCUT2D eigenvalue weighted by molar-refractivity contribution is -0.388. The van der Waals surface area contributed by atoms with Gasteiger partial charge in [-0.1, -0.05) is 12.1 Å². The number of ether oxygens (including phenoxy) is 1. The molecule has 2 aliphatic rings. The Bertz CT molecular complexity index is 1470. The quantitative estimate of drug-likeness (QED) is 0.257. The molecule has 1 aliphatic heterocycles. The first kappa shape index (κ1) is 30.4. The zero-order valence-electron chi connectivity index (χ0n) is 23.9. The summed E-state index contributed by atoms with van der Waals surface area (Å²) in [5.74, 6) is 0.439. The predicted octanol–water partition coefficient (Wildman–Crippen LogP) is 5.83. The number of alkyl halides is 3. The van der Waals surface area contributed by atoms with Crippen LogP contribution in [0.3, 0.4) is 0 Å². The molecule has 0 radical (unpaired) electrons. The number of nitro benzene ring substituents is 1. The Morgan fingerprint density at radius 3 is 2.35 bits per heavy atom. The summed E-state index contributed by atoms with van der Waals surface area (Å²) in [6.45, 7) is 3.18. The van der Waals surface area contributed by atoms with Crippen molar-refractivity contribution in [2.75, 3.05) is 56.2 Å². The first-order valence-corrected chi connectivity index (χ1v) is 14.4. The number of aromatic hydroxyl groups is 1. The Labute approximate surface area is 247 Å². The van der Waals surface area contributed by atoms with Crippen LogP contribution < -0.4 is 9.80 Å². The second kappa shape index (κ2) is 12.7. The second-order valence-electron chi connectivity index (χ2n) is 11.4. The molecule has 0 unspecified atom stereocenters. The smallest absolute Gasteiger partial charge is 0.423 e. The fraction of sp³-hybridized carbons (Fsp3) is 0.452. The maximum absolute atomic E-state index is 13.4. The van der Waals surface area contributed by atoms with Crippen LogP contribution >= 0.6 is 0 Å². The number of phenols is 1. The summed E-state index contributed by atoms with van der Waals surface area (Å²) in [7, 11) is 1.69. The molecule has 0 spiro atoms. The lowest BCUT2D eigenvalue weighted by atomic mass is 9.87. The van der Waals surface area contributed by atoms with E-state index in [1.807, 2.05) is 23.1 Å². The Balaban J connectivity index is 1.05. The number of amides is 1. The summed E-state index contributed by atoms with van der Waals surface area (Å²) in [6.07, 6.45) is -1.72. The standard InChI is InChI=1S/C31H35F3N4O5/c1-35(24-7-11-29(38(41)42)28(18-24)31(32,33)34)19-21-2-9-27(10-3-21)43-20-30(40)37-14-12-36(13-15-37)25-6-4-23-17-26(39)8-5-22(23)16-25/h4-8,11,16-18,21,27,39H,2-3,9-10,12-15,19-20H2,1H3. The first-order valence-electron chi connectivity index (χ1n) is 14.4. The monoisotopic (exact) mass is 600 g/mol. The highest BCUT2D eigenvalue weighted by Gasteiger charge is 2.39. The van der Waals surface area contributed by atoms with Crippen molar-refractivity contribution in [2.45, 2.75) is 38.0 Å². The van der Waals surface area contributed by atoms with Gasteiger partial charge in [0.2, 0.25) is 5.91 Å². The van der Waals surface area contributed by atoms with Crippen molar-refractivity contribution >= 4 is 33.7 Å². The summed E-state index contributed by atoms with van der Waals surface area (Å²) < 4.78 is 46.1. The summed E-state index contributed by atoms with van der Waals surface area (Å²) in [4.78, 5) is 28.7. The largest absolute Gasteiger partial charge is 0.508 e. The van der Waals surface area contributed by atoms with Gasteiger partial charge in [-0.2, -0.15) is 13.2 Å².